The van der Waals surface area contributed by atoms with E-state index >= 15 is 0 Å². The minimum atomic E-state index is -0.0161. The first kappa shape index (κ1) is 13.7. The molecule has 0 spiro atoms. The van der Waals surface area contributed by atoms with Crippen LogP contribution in [0.15, 0.2) is 40.9 Å². The van der Waals surface area contributed by atoms with Crippen LogP contribution in [0.4, 0.5) is 0 Å². The van der Waals surface area contributed by atoms with E-state index in [1.165, 1.54) is 10.8 Å². The Hall–Kier alpha value is -1.30. The monoisotopic (exact) mass is 347 g/mol. The van der Waals surface area contributed by atoms with E-state index in [1.807, 2.05) is 6.07 Å². The van der Waals surface area contributed by atoms with Crippen LogP contribution in [0.25, 0.3) is 21.3 Å². The number of rotatable bonds is 3. The second-order valence-corrected chi connectivity index (χ2v) is 6.59. The molecule has 0 aliphatic carbocycles. The van der Waals surface area contributed by atoms with Crippen molar-refractivity contribution in [1.29, 1.82) is 0 Å². The third kappa shape index (κ3) is 2.61. The van der Waals surface area contributed by atoms with Gasteiger partial charge in [-0.05, 0) is 35.4 Å². The topological polar surface area (TPSA) is 51.8 Å². The van der Waals surface area contributed by atoms with Crippen LogP contribution in [-0.2, 0) is 0 Å². The van der Waals surface area contributed by atoms with Gasteiger partial charge in [-0.25, -0.2) is 0 Å². The minimum Gasteiger partial charge on any atom is -0.322 e. The lowest BCUT2D eigenvalue weighted by Gasteiger charge is -2.02. The molecule has 1 unspecified atom stereocenters. The van der Waals surface area contributed by atoms with Gasteiger partial charge in [-0.15, -0.1) is 10.2 Å². The molecular weight excluding hydrogens is 334 g/mol. The molecule has 3 rings (SSSR count). The smallest absolute Gasteiger partial charge is 0.147 e. The average molecular weight is 348 g/mol. The Morgan fingerprint density at radius 3 is 2.70 bits per heavy atom. The van der Waals surface area contributed by atoms with E-state index in [2.05, 4.69) is 63.4 Å². The van der Waals surface area contributed by atoms with Crippen molar-refractivity contribution in [3.63, 3.8) is 0 Å². The predicted octanol–water partition coefficient (Wildman–Crippen LogP) is 4.53. The van der Waals surface area contributed by atoms with Crippen LogP contribution in [0.3, 0.4) is 0 Å². The fourth-order valence-corrected chi connectivity index (χ4v) is 3.33. The molecular formula is C15H14BrN3S. The van der Waals surface area contributed by atoms with Gasteiger partial charge in [-0.2, -0.15) is 0 Å². The second-order valence-electron chi connectivity index (χ2n) is 4.67. The van der Waals surface area contributed by atoms with Crippen LogP contribution in [0.5, 0.6) is 0 Å². The van der Waals surface area contributed by atoms with E-state index in [1.54, 1.807) is 11.3 Å². The fourth-order valence-electron chi connectivity index (χ4n) is 2.03. The molecule has 0 saturated heterocycles. The highest BCUT2D eigenvalue weighted by Crippen LogP contribution is 2.30. The predicted molar refractivity (Wildman–Crippen MR) is 87.8 cm³/mol. The van der Waals surface area contributed by atoms with Crippen molar-refractivity contribution < 1.29 is 0 Å². The van der Waals surface area contributed by atoms with E-state index in [0.29, 0.717) is 0 Å². The molecule has 0 fully saturated rings. The molecule has 1 atom stereocenters. The maximum absolute atomic E-state index is 6.00. The summed E-state index contributed by atoms with van der Waals surface area (Å²) in [7, 11) is 0. The Morgan fingerprint density at radius 1 is 1.15 bits per heavy atom. The van der Waals surface area contributed by atoms with Crippen LogP contribution in [0.2, 0.25) is 0 Å². The van der Waals surface area contributed by atoms with Gasteiger partial charge in [0.25, 0.3) is 0 Å². The Bertz CT molecular complexity index is 754. The zero-order valence-corrected chi connectivity index (χ0v) is 13.4. The summed E-state index contributed by atoms with van der Waals surface area (Å²) in [5.74, 6) is 0. The summed E-state index contributed by atoms with van der Waals surface area (Å²) in [5, 5.41) is 12.7. The SMILES string of the molecule is CCC(N)c1nnc(-c2ccc3cc(Br)ccc3c2)s1. The third-order valence-corrected chi connectivity index (χ3v) is 4.84. The van der Waals surface area contributed by atoms with Crippen LogP contribution in [0, 0.1) is 0 Å². The summed E-state index contributed by atoms with van der Waals surface area (Å²) in [6.45, 7) is 2.06. The van der Waals surface area contributed by atoms with Gasteiger partial charge in [0.15, 0.2) is 0 Å². The largest absolute Gasteiger partial charge is 0.322 e. The van der Waals surface area contributed by atoms with Crippen molar-refractivity contribution in [3.8, 4) is 10.6 Å². The number of hydrogen-bond donors (Lipinski definition) is 1. The van der Waals surface area contributed by atoms with E-state index < -0.39 is 0 Å². The lowest BCUT2D eigenvalue weighted by Crippen LogP contribution is -2.07. The van der Waals surface area contributed by atoms with E-state index in [4.69, 9.17) is 5.73 Å². The molecule has 0 saturated carbocycles. The van der Waals surface area contributed by atoms with Gasteiger partial charge in [-0.1, -0.05) is 52.4 Å². The van der Waals surface area contributed by atoms with Crippen molar-refractivity contribution in [2.45, 2.75) is 19.4 Å². The van der Waals surface area contributed by atoms with Gasteiger partial charge in [0.05, 0.1) is 6.04 Å². The lowest BCUT2D eigenvalue weighted by atomic mass is 10.1. The second kappa shape index (κ2) is 5.60. The summed E-state index contributed by atoms with van der Waals surface area (Å²) in [6.07, 6.45) is 0.875. The first-order valence-corrected chi connectivity index (χ1v) is 8.07. The molecule has 20 heavy (non-hydrogen) atoms. The van der Waals surface area contributed by atoms with Gasteiger partial charge >= 0.3 is 0 Å². The first-order valence-electron chi connectivity index (χ1n) is 6.46. The third-order valence-electron chi connectivity index (χ3n) is 3.25. The molecule has 3 nitrogen and oxygen atoms in total. The normalized spacial score (nSPS) is 12.8. The van der Waals surface area contributed by atoms with Gasteiger partial charge in [-0.3, -0.25) is 0 Å². The van der Waals surface area contributed by atoms with E-state index in [0.717, 1.165) is 26.5 Å². The quantitative estimate of drug-likeness (QED) is 0.757. The number of fused-ring (bicyclic) bond motifs is 1. The van der Waals surface area contributed by atoms with Crippen molar-refractivity contribution >= 4 is 38.0 Å². The molecule has 0 bridgehead atoms. The number of hydrogen-bond acceptors (Lipinski definition) is 4. The van der Waals surface area contributed by atoms with Gasteiger partial charge in [0.2, 0.25) is 0 Å². The zero-order valence-electron chi connectivity index (χ0n) is 11.0. The van der Waals surface area contributed by atoms with Gasteiger partial charge < -0.3 is 5.73 Å². The van der Waals surface area contributed by atoms with Crippen molar-refractivity contribution in [3.05, 3.63) is 45.9 Å². The standard InChI is InChI=1S/C15H14BrN3S/c1-2-13(17)15-19-18-14(20-15)11-4-3-10-8-12(16)6-5-9(10)7-11/h3-8,13H,2,17H2,1H3. The fraction of sp³-hybridized carbons (Fsp3) is 0.200. The van der Waals surface area contributed by atoms with Crippen molar-refractivity contribution in [1.82, 2.24) is 10.2 Å². The summed E-state index contributed by atoms with van der Waals surface area (Å²) in [4.78, 5) is 0. The van der Waals surface area contributed by atoms with Crippen molar-refractivity contribution in [2.75, 3.05) is 0 Å². The molecule has 1 heterocycles. The molecule has 2 aromatic carbocycles. The molecule has 0 aliphatic rings. The first-order chi connectivity index (χ1) is 9.67. The number of nitrogens with zero attached hydrogens (tertiary/aromatic N) is 2. The highest BCUT2D eigenvalue weighted by molar-refractivity contribution is 9.10. The van der Waals surface area contributed by atoms with Crippen LogP contribution in [-0.4, -0.2) is 10.2 Å². The summed E-state index contributed by atoms with van der Waals surface area (Å²) < 4.78 is 1.09. The van der Waals surface area contributed by atoms with Crippen LogP contribution >= 0.6 is 27.3 Å². The molecule has 102 valence electrons. The molecule has 0 amide bonds. The summed E-state index contributed by atoms with van der Waals surface area (Å²) >= 11 is 5.06. The maximum atomic E-state index is 6.00. The molecule has 5 heteroatoms. The average Bonchev–Trinajstić information content (AvgIpc) is 2.95. The highest BCUT2D eigenvalue weighted by atomic mass is 79.9. The number of halogens is 1. The Labute approximate surface area is 130 Å². The summed E-state index contributed by atoms with van der Waals surface area (Å²) in [5.41, 5.74) is 7.09. The minimum absolute atomic E-state index is 0.0161. The number of benzene rings is 2. The van der Waals surface area contributed by atoms with E-state index in [9.17, 15) is 0 Å². The Balaban J connectivity index is 2.01. The Morgan fingerprint density at radius 2 is 1.90 bits per heavy atom. The van der Waals surface area contributed by atoms with Crippen molar-refractivity contribution in [2.24, 2.45) is 5.73 Å². The number of nitrogens with two attached hydrogens (primary N) is 1. The van der Waals surface area contributed by atoms with Crippen LogP contribution in [0.1, 0.15) is 24.4 Å². The lowest BCUT2D eigenvalue weighted by molar-refractivity contribution is 0.683. The molecule has 3 aromatic rings. The zero-order chi connectivity index (χ0) is 14.1. The number of aromatic nitrogens is 2. The maximum Gasteiger partial charge on any atom is 0.147 e. The van der Waals surface area contributed by atoms with Crippen LogP contribution < -0.4 is 5.73 Å². The molecule has 0 aliphatic heterocycles. The van der Waals surface area contributed by atoms with E-state index in [-0.39, 0.29) is 6.04 Å². The Kier molecular flexibility index (Phi) is 3.83. The molecule has 1 aromatic heterocycles. The van der Waals surface area contributed by atoms with Gasteiger partial charge in [0, 0.05) is 10.0 Å². The summed E-state index contributed by atoms with van der Waals surface area (Å²) in [6, 6.07) is 12.6. The molecule has 0 radical (unpaired) electrons. The highest BCUT2D eigenvalue weighted by Gasteiger charge is 2.12. The van der Waals surface area contributed by atoms with Gasteiger partial charge in [0.1, 0.15) is 10.0 Å². The molecule has 2 N–H and O–H groups in total.